The summed E-state index contributed by atoms with van der Waals surface area (Å²) in [6.07, 6.45) is 1.75. The van der Waals surface area contributed by atoms with E-state index in [4.69, 9.17) is 0 Å². The zero-order valence-electron chi connectivity index (χ0n) is 11.2. The average molecular weight is 377 g/mol. The van der Waals surface area contributed by atoms with E-state index in [0.717, 1.165) is 10.6 Å². The number of amides is 1. The minimum atomic E-state index is -0.451. The Morgan fingerprint density at radius 3 is 2.64 bits per heavy atom. The number of hydrogen-bond donors (Lipinski definition) is 1. The predicted octanol–water partition coefficient (Wildman–Crippen LogP) is 4.96. The van der Waals surface area contributed by atoms with Gasteiger partial charge in [0.1, 0.15) is 10.8 Å². The number of nitrogens with one attached hydrogen (secondary N) is 1. The number of nitrogens with zero attached hydrogens (tertiary/aromatic N) is 1. The highest BCUT2D eigenvalue weighted by molar-refractivity contribution is 9.10. The van der Waals surface area contributed by atoms with E-state index in [1.54, 1.807) is 29.7 Å². The molecule has 0 spiro atoms. The Morgan fingerprint density at radius 1 is 1.18 bits per heavy atom. The van der Waals surface area contributed by atoms with Crippen molar-refractivity contribution < 1.29 is 9.18 Å². The van der Waals surface area contributed by atoms with Crippen molar-refractivity contribution >= 4 is 38.9 Å². The van der Waals surface area contributed by atoms with E-state index in [1.165, 1.54) is 18.2 Å². The maximum absolute atomic E-state index is 13.2. The van der Waals surface area contributed by atoms with Gasteiger partial charge in [-0.05, 0) is 58.4 Å². The molecule has 0 fully saturated rings. The summed E-state index contributed by atoms with van der Waals surface area (Å²) in [5.74, 6) is -0.819. The quantitative estimate of drug-likeness (QED) is 0.701. The molecule has 6 heteroatoms. The van der Waals surface area contributed by atoms with E-state index in [2.05, 4.69) is 26.2 Å². The molecule has 0 aliphatic heterocycles. The monoisotopic (exact) mass is 376 g/mol. The molecule has 0 atom stereocenters. The van der Waals surface area contributed by atoms with Crippen LogP contribution in [0.15, 0.2) is 58.5 Å². The van der Waals surface area contributed by atoms with Crippen molar-refractivity contribution in [2.45, 2.75) is 0 Å². The van der Waals surface area contributed by atoms with Crippen molar-refractivity contribution in [2.24, 2.45) is 0 Å². The molecule has 0 radical (unpaired) electrons. The van der Waals surface area contributed by atoms with Gasteiger partial charge in [0.15, 0.2) is 0 Å². The molecule has 3 nitrogen and oxygen atoms in total. The lowest BCUT2D eigenvalue weighted by molar-refractivity contribution is 0.102. The number of hydrogen-bond acceptors (Lipinski definition) is 3. The van der Waals surface area contributed by atoms with Gasteiger partial charge in [0.2, 0.25) is 0 Å². The van der Waals surface area contributed by atoms with Gasteiger partial charge < -0.3 is 5.32 Å². The van der Waals surface area contributed by atoms with E-state index in [1.807, 2.05) is 17.5 Å². The molecule has 1 N–H and O–H groups in total. The van der Waals surface area contributed by atoms with Gasteiger partial charge in [-0.2, -0.15) is 0 Å². The molecule has 3 aromatic rings. The normalized spacial score (nSPS) is 10.5. The van der Waals surface area contributed by atoms with E-state index >= 15 is 0 Å². The highest BCUT2D eigenvalue weighted by atomic mass is 79.9. The first kappa shape index (κ1) is 14.9. The highest BCUT2D eigenvalue weighted by Gasteiger charge is 2.11. The molecule has 2 aromatic carbocycles. The molecule has 0 unspecified atom stereocenters. The largest absolute Gasteiger partial charge is 0.322 e. The second-order valence-corrected chi connectivity index (χ2v) is 6.24. The standard InChI is InChI=1S/C16H10BrFN2OS/c17-14-6-3-11(18)9-13(14)15(21)20-12-4-1-10(2-5-12)16-19-7-8-22-16/h1-9H,(H,20,21). The Kier molecular flexibility index (Phi) is 4.31. The van der Waals surface area contributed by atoms with Gasteiger partial charge in [-0.3, -0.25) is 4.79 Å². The van der Waals surface area contributed by atoms with E-state index < -0.39 is 5.82 Å². The minimum absolute atomic E-state index is 0.254. The van der Waals surface area contributed by atoms with Crippen molar-refractivity contribution in [3.8, 4) is 10.6 Å². The molecule has 1 amide bonds. The molecule has 110 valence electrons. The summed E-state index contributed by atoms with van der Waals surface area (Å²) in [6.45, 7) is 0. The fourth-order valence-corrected chi connectivity index (χ4v) is 3.00. The number of rotatable bonds is 3. The van der Waals surface area contributed by atoms with Crippen molar-refractivity contribution in [1.82, 2.24) is 4.98 Å². The summed E-state index contributed by atoms with van der Waals surface area (Å²) in [5.41, 5.74) is 1.88. The van der Waals surface area contributed by atoms with Crippen LogP contribution in [0, 0.1) is 5.82 Å². The van der Waals surface area contributed by atoms with Crippen LogP contribution in [0.4, 0.5) is 10.1 Å². The molecule has 1 heterocycles. The molecule has 22 heavy (non-hydrogen) atoms. The van der Waals surface area contributed by atoms with E-state index in [-0.39, 0.29) is 11.5 Å². The highest BCUT2D eigenvalue weighted by Crippen LogP contribution is 2.24. The van der Waals surface area contributed by atoms with Gasteiger partial charge in [0.25, 0.3) is 5.91 Å². The van der Waals surface area contributed by atoms with Crippen LogP contribution in [0.25, 0.3) is 10.6 Å². The molecular formula is C16H10BrFN2OS. The molecule has 0 saturated carbocycles. The first-order chi connectivity index (χ1) is 10.6. The van der Waals surface area contributed by atoms with E-state index in [0.29, 0.717) is 10.2 Å². The van der Waals surface area contributed by atoms with Gasteiger partial charge in [-0.1, -0.05) is 0 Å². The fourth-order valence-electron chi connectivity index (χ4n) is 1.93. The van der Waals surface area contributed by atoms with Crippen LogP contribution in [0.5, 0.6) is 0 Å². The number of aromatic nitrogens is 1. The SMILES string of the molecule is O=C(Nc1ccc(-c2nccs2)cc1)c1cc(F)ccc1Br. The van der Waals surface area contributed by atoms with Crippen LogP contribution in [0.3, 0.4) is 0 Å². The third kappa shape index (κ3) is 3.23. The van der Waals surface area contributed by atoms with Gasteiger partial charge in [-0.25, -0.2) is 9.37 Å². The second kappa shape index (κ2) is 6.37. The zero-order chi connectivity index (χ0) is 15.5. The fraction of sp³-hybridized carbons (Fsp3) is 0. The van der Waals surface area contributed by atoms with Crippen molar-refractivity contribution in [3.05, 3.63) is 69.9 Å². The first-order valence-corrected chi connectivity index (χ1v) is 8.07. The van der Waals surface area contributed by atoms with Gasteiger partial charge in [-0.15, -0.1) is 11.3 Å². The minimum Gasteiger partial charge on any atom is -0.322 e. The van der Waals surface area contributed by atoms with Gasteiger partial charge >= 0.3 is 0 Å². The Balaban J connectivity index is 1.78. The number of anilines is 1. The summed E-state index contributed by atoms with van der Waals surface area (Å²) in [7, 11) is 0. The number of benzene rings is 2. The van der Waals surface area contributed by atoms with Crippen molar-refractivity contribution in [1.29, 1.82) is 0 Å². The van der Waals surface area contributed by atoms with Crippen LogP contribution in [-0.2, 0) is 0 Å². The summed E-state index contributed by atoms with van der Waals surface area (Å²) >= 11 is 4.80. The zero-order valence-corrected chi connectivity index (χ0v) is 13.6. The number of carbonyl (C=O) groups excluding carboxylic acids is 1. The van der Waals surface area contributed by atoms with Crippen molar-refractivity contribution in [3.63, 3.8) is 0 Å². The smallest absolute Gasteiger partial charge is 0.256 e. The third-order valence-electron chi connectivity index (χ3n) is 3.00. The van der Waals surface area contributed by atoms with Crippen LogP contribution in [0.2, 0.25) is 0 Å². The third-order valence-corrected chi connectivity index (χ3v) is 4.51. The molecular weight excluding hydrogens is 367 g/mol. The lowest BCUT2D eigenvalue weighted by Gasteiger charge is -2.07. The lowest BCUT2D eigenvalue weighted by atomic mass is 10.2. The van der Waals surface area contributed by atoms with Crippen LogP contribution < -0.4 is 5.32 Å². The maximum atomic E-state index is 13.2. The molecule has 0 bridgehead atoms. The van der Waals surface area contributed by atoms with Crippen LogP contribution >= 0.6 is 27.3 Å². The summed E-state index contributed by atoms with van der Waals surface area (Å²) in [6, 6.07) is 11.4. The lowest BCUT2D eigenvalue weighted by Crippen LogP contribution is -2.12. The maximum Gasteiger partial charge on any atom is 0.256 e. The summed E-state index contributed by atoms with van der Waals surface area (Å²) < 4.78 is 13.8. The molecule has 0 aliphatic carbocycles. The van der Waals surface area contributed by atoms with E-state index in [9.17, 15) is 9.18 Å². The van der Waals surface area contributed by atoms with Gasteiger partial charge in [0.05, 0.1) is 5.56 Å². The Bertz CT molecular complexity index is 804. The number of halogens is 2. The summed E-state index contributed by atoms with van der Waals surface area (Å²) in [5, 5.41) is 5.58. The second-order valence-electron chi connectivity index (χ2n) is 4.49. The number of carbonyl (C=O) groups is 1. The molecule has 0 saturated heterocycles. The van der Waals surface area contributed by atoms with Crippen molar-refractivity contribution in [2.75, 3.05) is 5.32 Å². The molecule has 0 aliphatic rings. The van der Waals surface area contributed by atoms with Crippen LogP contribution in [-0.4, -0.2) is 10.9 Å². The summed E-state index contributed by atoms with van der Waals surface area (Å²) in [4.78, 5) is 16.4. The van der Waals surface area contributed by atoms with Crippen LogP contribution in [0.1, 0.15) is 10.4 Å². The Labute approximate surface area is 139 Å². The number of thiazole rings is 1. The van der Waals surface area contributed by atoms with Gasteiger partial charge in [0, 0.05) is 27.3 Å². The molecule has 1 aromatic heterocycles. The predicted molar refractivity (Wildman–Crippen MR) is 89.6 cm³/mol. The Hall–Kier alpha value is -2.05. The Morgan fingerprint density at radius 2 is 1.95 bits per heavy atom. The topological polar surface area (TPSA) is 42.0 Å². The first-order valence-electron chi connectivity index (χ1n) is 6.40. The molecule has 3 rings (SSSR count). The average Bonchev–Trinajstić information content (AvgIpc) is 3.05.